The summed E-state index contributed by atoms with van der Waals surface area (Å²) in [6.45, 7) is 2.12. The van der Waals surface area contributed by atoms with Gasteiger partial charge in [-0.2, -0.15) is 0 Å². The zero-order valence-electron chi connectivity index (χ0n) is 16.8. The molecule has 2 saturated heterocycles. The Kier molecular flexibility index (Phi) is 6.89. The van der Waals surface area contributed by atoms with Gasteiger partial charge >= 0.3 is 5.97 Å². The number of carbonyl (C=O) groups is 1. The van der Waals surface area contributed by atoms with E-state index in [2.05, 4.69) is 0 Å². The van der Waals surface area contributed by atoms with E-state index in [0.717, 1.165) is 51.4 Å². The van der Waals surface area contributed by atoms with E-state index >= 15 is 0 Å². The molecule has 2 aliphatic carbocycles. The quantitative estimate of drug-likeness (QED) is 0.482. The van der Waals surface area contributed by atoms with Gasteiger partial charge in [-0.3, -0.25) is 4.79 Å². The van der Waals surface area contributed by atoms with Crippen LogP contribution in [0.25, 0.3) is 0 Å². The summed E-state index contributed by atoms with van der Waals surface area (Å²) in [5.41, 5.74) is 0. The predicted molar refractivity (Wildman–Crippen MR) is 99.7 cm³/mol. The van der Waals surface area contributed by atoms with Crippen molar-refractivity contribution >= 4 is 5.97 Å². The van der Waals surface area contributed by atoms with E-state index in [1.54, 1.807) is 0 Å². The van der Waals surface area contributed by atoms with Crippen LogP contribution >= 0.6 is 0 Å². The molecule has 7 heteroatoms. The smallest absolute Gasteiger partial charge is 0.308 e. The zero-order valence-corrected chi connectivity index (χ0v) is 16.8. The highest BCUT2D eigenvalue weighted by Gasteiger charge is 2.43. The Labute approximate surface area is 167 Å². The third-order valence-corrected chi connectivity index (χ3v) is 6.24. The van der Waals surface area contributed by atoms with Crippen molar-refractivity contribution in [3.63, 3.8) is 0 Å². The highest BCUT2D eigenvalue weighted by atomic mass is 16.8. The molecule has 2 heterocycles. The average molecular weight is 398 g/mol. The fraction of sp³-hybridized carbons (Fsp3) is 0.952. The molecule has 0 amide bonds. The molecule has 0 aromatic rings. The van der Waals surface area contributed by atoms with Gasteiger partial charge in [0.05, 0.1) is 32.8 Å². The molecule has 4 rings (SSSR count). The minimum absolute atomic E-state index is 0.0372. The molecule has 4 fully saturated rings. The molecule has 2 unspecified atom stereocenters. The molecule has 2 saturated carbocycles. The molecule has 2 atom stereocenters. The van der Waals surface area contributed by atoms with E-state index in [-0.39, 0.29) is 37.0 Å². The first kappa shape index (κ1) is 20.5. The Morgan fingerprint density at radius 1 is 0.786 bits per heavy atom. The first-order valence-corrected chi connectivity index (χ1v) is 11.0. The van der Waals surface area contributed by atoms with E-state index in [1.807, 2.05) is 0 Å². The van der Waals surface area contributed by atoms with Crippen LogP contribution in [-0.4, -0.2) is 62.8 Å². The normalized spacial score (nSPS) is 31.4. The molecule has 2 spiro atoms. The molecule has 2 aliphatic heterocycles. The summed E-state index contributed by atoms with van der Waals surface area (Å²) < 4.78 is 34.8. The molecule has 0 aromatic heterocycles. The van der Waals surface area contributed by atoms with Crippen LogP contribution in [0.15, 0.2) is 0 Å². The van der Waals surface area contributed by atoms with Crippen LogP contribution in [-0.2, 0) is 33.2 Å². The first-order chi connectivity index (χ1) is 13.7. The standard InChI is InChI=1S/C21H34O7/c22-19(24-14-18-16-26-21(28-18)10-5-2-6-11-21)7-12-23-13-17-15-25-20(27-17)8-3-1-4-9-20/h17-18H,1-16H2. The number of esters is 1. The molecule has 0 N–H and O–H groups in total. The number of carbonyl (C=O) groups excluding carboxylic acids is 1. The summed E-state index contributed by atoms with van der Waals surface area (Å²) in [7, 11) is 0. The fourth-order valence-electron chi connectivity index (χ4n) is 4.73. The van der Waals surface area contributed by atoms with E-state index < -0.39 is 5.79 Å². The molecule has 7 nitrogen and oxygen atoms in total. The lowest BCUT2D eigenvalue weighted by Crippen LogP contribution is -2.34. The van der Waals surface area contributed by atoms with Gasteiger partial charge in [-0.1, -0.05) is 12.8 Å². The van der Waals surface area contributed by atoms with Crippen LogP contribution in [0.3, 0.4) is 0 Å². The predicted octanol–water partition coefficient (Wildman–Crippen LogP) is 3.09. The second-order valence-electron chi connectivity index (χ2n) is 8.55. The van der Waals surface area contributed by atoms with Gasteiger partial charge in [0, 0.05) is 25.7 Å². The van der Waals surface area contributed by atoms with Gasteiger partial charge in [-0.05, 0) is 25.7 Å². The number of hydrogen-bond acceptors (Lipinski definition) is 7. The SMILES string of the molecule is O=C(CCOCC1COC2(CCCCC2)O1)OCC1COC2(CCCCC2)O1. The molecule has 0 radical (unpaired) electrons. The van der Waals surface area contributed by atoms with E-state index in [4.69, 9.17) is 28.4 Å². The van der Waals surface area contributed by atoms with Crippen LogP contribution in [0.4, 0.5) is 0 Å². The second kappa shape index (κ2) is 9.39. The topological polar surface area (TPSA) is 72.5 Å². The van der Waals surface area contributed by atoms with Crippen molar-refractivity contribution in [2.45, 2.75) is 94.4 Å². The third-order valence-electron chi connectivity index (χ3n) is 6.24. The van der Waals surface area contributed by atoms with Crippen LogP contribution in [0.5, 0.6) is 0 Å². The lowest BCUT2D eigenvalue weighted by atomic mass is 9.94. The van der Waals surface area contributed by atoms with Crippen molar-refractivity contribution in [2.75, 3.05) is 33.0 Å². The zero-order chi connectivity index (χ0) is 19.3. The Bertz CT molecular complexity index is 511. The highest BCUT2D eigenvalue weighted by Crippen LogP contribution is 2.38. The van der Waals surface area contributed by atoms with Gasteiger partial charge in [0.15, 0.2) is 11.6 Å². The highest BCUT2D eigenvalue weighted by molar-refractivity contribution is 5.69. The van der Waals surface area contributed by atoms with E-state index in [1.165, 1.54) is 12.8 Å². The van der Waals surface area contributed by atoms with Crippen molar-refractivity contribution in [2.24, 2.45) is 0 Å². The summed E-state index contributed by atoms with van der Waals surface area (Å²) in [5, 5.41) is 0. The van der Waals surface area contributed by atoms with Crippen molar-refractivity contribution in [1.29, 1.82) is 0 Å². The van der Waals surface area contributed by atoms with Gasteiger partial charge < -0.3 is 28.4 Å². The van der Waals surface area contributed by atoms with Crippen molar-refractivity contribution in [3.8, 4) is 0 Å². The first-order valence-electron chi connectivity index (χ1n) is 11.0. The summed E-state index contributed by atoms with van der Waals surface area (Å²) in [6, 6.07) is 0. The lowest BCUT2D eigenvalue weighted by molar-refractivity contribution is -0.193. The lowest BCUT2D eigenvalue weighted by Gasteiger charge is -2.31. The Morgan fingerprint density at radius 3 is 1.89 bits per heavy atom. The maximum Gasteiger partial charge on any atom is 0.308 e. The Balaban J connectivity index is 1.06. The summed E-state index contributed by atoms with van der Waals surface area (Å²) in [5.74, 6) is -1.05. The van der Waals surface area contributed by atoms with Gasteiger partial charge in [-0.25, -0.2) is 0 Å². The van der Waals surface area contributed by atoms with Crippen molar-refractivity contribution in [3.05, 3.63) is 0 Å². The number of hydrogen-bond donors (Lipinski definition) is 0. The van der Waals surface area contributed by atoms with Crippen LogP contribution in [0, 0.1) is 0 Å². The summed E-state index contributed by atoms with van der Waals surface area (Å²) in [6.07, 6.45) is 11.0. The number of ether oxygens (including phenoxy) is 6. The molecule has 0 bridgehead atoms. The Hall–Kier alpha value is -0.730. The molecular weight excluding hydrogens is 364 g/mol. The maximum atomic E-state index is 12.0. The fourth-order valence-corrected chi connectivity index (χ4v) is 4.73. The second-order valence-corrected chi connectivity index (χ2v) is 8.55. The van der Waals surface area contributed by atoms with Gasteiger partial charge in [-0.15, -0.1) is 0 Å². The maximum absolute atomic E-state index is 12.0. The molecule has 160 valence electrons. The largest absolute Gasteiger partial charge is 0.463 e. The summed E-state index contributed by atoms with van der Waals surface area (Å²) >= 11 is 0. The van der Waals surface area contributed by atoms with E-state index in [0.29, 0.717) is 26.4 Å². The average Bonchev–Trinajstić information content (AvgIpc) is 3.29. The minimum Gasteiger partial charge on any atom is -0.463 e. The van der Waals surface area contributed by atoms with Gasteiger partial charge in [0.25, 0.3) is 0 Å². The number of rotatable bonds is 7. The van der Waals surface area contributed by atoms with Crippen molar-refractivity contribution in [1.82, 2.24) is 0 Å². The van der Waals surface area contributed by atoms with Crippen LogP contribution in [0.1, 0.15) is 70.6 Å². The van der Waals surface area contributed by atoms with Gasteiger partial charge in [0.1, 0.15) is 18.8 Å². The summed E-state index contributed by atoms with van der Waals surface area (Å²) in [4.78, 5) is 12.0. The molecule has 4 aliphatic rings. The molecular formula is C21H34O7. The van der Waals surface area contributed by atoms with Gasteiger partial charge in [0.2, 0.25) is 0 Å². The monoisotopic (exact) mass is 398 g/mol. The Morgan fingerprint density at radius 2 is 1.32 bits per heavy atom. The van der Waals surface area contributed by atoms with Crippen LogP contribution in [0.2, 0.25) is 0 Å². The van der Waals surface area contributed by atoms with Crippen molar-refractivity contribution < 1.29 is 33.2 Å². The van der Waals surface area contributed by atoms with Crippen LogP contribution < -0.4 is 0 Å². The van der Waals surface area contributed by atoms with E-state index in [9.17, 15) is 4.79 Å². The molecule has 0 aromatic carbocycles. The minimum atomic E-state index is -0.419. The molecule has 28 heavy (non-hydrogen) atoms. The third kappa shape index (κ3) is 5.25.